The lowest BCUT2D eigenvalue weighted by molar-refractivity contribution is 0.118. The largest absolute Gasteiger partial charge is 0.494 e. The molecule has 0 atom stereocenters. The number of nitrogens with one attached hydrogen (secondary N) is 1. The number of nitrogens with zero attached hydrogens (tertiary/aromatic N) is 2. The highest BCUT2D eigenvalue weighted by atomic mass is 16.5. The second kappa shape index (κ2) is 19.9. The summed E-state index contributed by atoms with van der Waals surface area (Å²) in [6.45, 7) is 19.6. The fourth-order valence-corrected chi connectivity index (χ4v) is 1.71. The molecule has 0 aliphatic carbocycles. The summed E-state index contributed by atoms with van der Waals surface area (Å²) in [5.41, 5.74) is 1.60. The Bertz CT molecular complexity index is 549. The lowest BCUT2D eigenvalue weighted by atomic mass is 10.1. The maximum absolute atomic E-state index is 5.64. The maximum atomic E-state index is 5.64. The molecule has 27 heavy (non-hydrogen) atoms. The van der Waals surface area contributed by atoms with Crippen molar-refractivity contribution in [3.8, 4) is 0 Å². The Hall–Kier alpha value is -2.40. The van der Waals surface area contributed by atoms with E-state index in [1.807, 2.05) is 46.8 Å². The molecular weight excluding hydrogens is 338 g/mol. The first-order valence-electron chi connectivity index (χ1n) is 9.62. The average Bonchev–Trinajstić information content (AvgIpc) is 2.75. The lowest BCUT2D eigenvalue weighted by Crippen LogP contribution is -2.00. The fourth-order valence-electron chi connectivity index (χ4n) is 1.71. The van der Waals surface area contributed by atoms with E-state index in [1.54, 1.807) is 31.6 Å². The van der Waals surface area contributed by atoms with Crippen LogP contribution in [0, 0.1) is 0 Å². The standard InChI is InChI=1S/C18H25N3O2.2C2H6/c1-5-15(17-13-21-18(19-4)14-20-17)9-10-16(6-2)23-12-8-11-22-7-3;2*1-2/h5-6,9-10,13-14H,1-2,7-8,11-12H2,3-4H3,(H,19,21);2*1-2H3/b15-9+,16-10+;;. The first-order chi connectivity index (χ1) is 13.2. The molecule has 1 heterocycles. The van der Waals surface area contributed by atoms with E-state index in [0.717, 1.165) is 30.1 Å². The van der Waals surface area contributed by atoms with Crippen molar-refractivity contribution in [2.75, 3.05) is 32.2 Å². The van der Waals surface area contributed by atoms with Crippen LogP contribution in [0.25, 0.3) is 5.57 Å². The van der Waals surface area contributed by atoms with Crippen molar-refractivity contribution in [1.29, 1.82) is 0 Å². The van der Waals surface area contributed by atoms with Crippen LogP contribution in [0.5, 0.6) is 0 Å². The van der Waals surface area contributed by atoms with Crippen molar-refractivity contribution in [2.24, 2.45) is 0 Å². The summed E-state index contributed by atoms with van der Waals surface area (Å²) in [5, 5.41) is 2.93. The first kappa shape index (κ1) is 26.8. The number of hydrogen-bond acceptors (Lipinski definition) is 5. The van der Waals surface area contributed by atoms with E-state index in [9.17, 15) is 0 Å². The van der Waals surface area contributed by atoms with Crippen LogP contribution in [0.3, 0.4) is 0 Å². The molecule has 1 rings (SSSR count). The Labute approximate surface area is 165 Å². The van der Waals surface area contributed by atoms with E-state index in [0.29, 0.717) is 19.0 Å². The summed E-state index contributed by atoms with van der Waals surface area (Å²) in [5.74, 6) is 1.41. The van der Waals surface area contributed by atoms with E-state index in [2.05, 4.69) is 28.4 Å². The summed E-state index contributed by atoms with van der Waals surface area (Å²) in [6, 6.07) is 0. The minimum Gasteiger partial charge on any atom is -0.494 e. The molecule has 1 N–H and O–H groups in total. The summed E-state index contributed by atoms with van der Waals surface area (Å²) in [6.07, 6.45) is 11.4. The molecular formula is C22H37N3O2. The van der Waals surface area contributed by atoms with Gasteiger partial charge in [0.15, 0.2) is 0 Å². The molecule has 152 valence electrons. The summed E-state index contributed by atoms with van der Waals surface area (Å²) in [7, 11) is 1.80. The molecule has 0 saturated carbocycles. The molecule has 0 aliphatic heterocycles. The van der Waals surface area contributed by atoms with Crippen LogP contribution in [0.1, 0.15) is 46.7 Å². The zero-order valence-corrected chi connectivity index (χ0v) is 17.9. The fraction of sp³-hybridized carbons (Fsp3) is 0.455. The predicted molar refractivity (Wildman–Crippen MR) is 118 cm³/mol. The summed E-state index contributed by atoms with van der Waals surface area (Å²) < 4.78 is 10.9. The molecule has 0 fully saturated rings. The van der Waals surface area contributed by atoms with Crippen LogP contribution < -0.4 is 5.32 Å². The van der Waals surface area contributed by atoms with Gasteiger partial charge in [0, 0.05) is 32.3 Å². The zero-order valence-electron chi connectivity index (χ0n) is 17.9. The first-order valence-corrected chi connectivity index (χ1v) is 9.62. The minimum atomic E-state index is 0.589. The van der Waals surface area contributed by atoms with Gasteiger partial charge in [-0.05, 0) is 25.2 Å². The van der Waals surface area contributed by atoms with E-state index in [4.69, 9.17) is 9.47 Å². The van der Waals surface area contributed by atoms with Crippen LogP contribution in [0.4, 0.5) is 5.82 Å². The average molecular weight is 376 g/mol. The van der Waals surface area contributed by atoms with Gasteiger partial charge in [-0.3, -0.25) is 4.98 Å². The Balaban J connectivity index is 0. The summed E-state index contributed by atoms with van der Waals surface area (Å²) >= 11 is 0. The van der Waals surface area contributed by atoms with Crippen LogP contribution in [-0.2, 0) is 9.47 Å². The maximum Gasteiger partial charge on any atom is 0.144 e. The molecule has 5 nitrogen and oxygen atoms in total. The number of hydrogen-bond donors (Lipinski definition) is 1. The highest BCUT2D eigenvalue weighted by Crippen LogP contribution is 2.14. The number of allylic oxidation sites excluding steroid dienone is 5. The zero-order chi connectivity index (χ0) is 20.9. The molecule has 0 saturated heterocycles. The molecule has 1 aromatic rings. The van der Waals surface area contributed by atoms with Crippen molar-refractivity contribution < 1.29 is 9.47 Å². The van der Waals surface area contributed by atoms with Crippen molar-refractivity contribution in [3.63, 3.8) is 0 Å². The van der Waals surface area contributed by atoms with E-state index in [1.165, 1.54) is 0 Å². The molecule has 0 aromatic carbocycles. The Morgan fingerprint density at radius 1 is 1.04 bits per heavy atom. The quantitative estimate of drug-likeness (QED) is 0.307. The number of anilines is 1. The second-order valence-corrected chi connectivity index (χ2v) is 4.54. The van der Waals surface area contributed by atoms with Gasteiger partial charge in [0.05, 0.1) is 24.7 Å². The second-order valence-electron chi connectivity index (χ2n) is 4.54. The third-order valence-corrected chi connectivity index (χ3v) is 2.96. The van der Waals surface area contributed by atoms with Crippen molar-refractivity contribution >= 4 is 11.4 Å². The minimum absolute atomic E-state index is 0.589. The van der Waals surface area contributed by atoms with Gasteiger partial charge in [0.1, 0.15) is 11.6 Å². The topological polar surface area (TPSA) is 56.3 Å². The van der Waals surface area contributed by atoms with Crippen molar-refractivity contribution in [1.82, 2.24) is 9.97 Å². The number of ether oxygens (including phenoxy) is 2. The SMILES string of the molecule is C=C/C(=C\C=C(/C=C)c1cnc(NC)cn1)OCCCOCC.CC.CC. The highest BCUT2D eigenvalue weighted by molar-refractivity contribution is 5.72. The van der Waals surface area contributed by atoms with Gasteiger partial charge in [-0.2, -0.15) is 0 Å². The van der Waals surface area contributed by atoms with Crippen LogP contribution in [-0.4, -0.2) is 36.8 Å². The predicted octanol–water partition coefficient (Wildman–Crippen LogP) is 5.65. The van der Waals surface area contributed by atoms with E-state index < -0.39 is 0 Å². The Morgan fingerprint density at radius 2 is 1.74 bits per heavy atom. The van der Waals surface area contributed by atoms with Gasteiger partial charge in [-0.25, -0.2) is 4.98 Å². The van der Waals surface area contributed by atoms with Crippen LogP contribution >= 0.6 is 0 Å². The van der Waals surface area contributed by atoms with Crippen molar-refractivity contribution in [2.45, 2.75) is 41.0 Å². The van der Waals surface area contributed by atoms with E-state index in [-0.39, 0.29) is 0 Å². The highest BCUT2D eigenvalue weighted by Gasteiger charge is 2.00. The van der Waals surface area contributed by atoms with Gasteiger partial charge in [0.25, 0.3) is 0 Å². The Kier molecular flexibility index (Phi) is 19.8. The van der Waals surface area contributed by atoms with Gasteiger partial charge >= 0.3 is 0 Å². The third kappa shape index (κ3) is 12.6. The molecule has 0 unspecified atom stereocenters. The smallest absolute Gasteiger partial charge is 0.144 e. The van der Waals surface area contributed by atoms with Crippen molar-refractivity contribution in [3.05, 3.63) is 61.3 Å². The van der Waals surface area contributed by atoms with Gasteiger partial charge < -0.3 is 14.8 Å². The summed E-state index contributed by atoms with van der Waals surface area (Å²) in [4.78, 5) is 8.59. The Morgan fingerprint density at radius 3 is 2.22 bits per heavy atom. The number of rotatable bonds is 11. The van der Waals surface area contributed by atoms with Gasteiger partial charge in [-0.1, -0.05) is 46.9 Å². The van der Waals surface area contributed by atoms with Gasteiger partial charge in [0.2, 0.25) is 0 Å². The molecule has 1 aromatic heterocycles. The molecule has 0 radical (unpaired) electrons. The molecule has 0 amide bonds. The van der Waals surface area contributed by atoms with Gasteiger partial charge in [-0.15, -0.1) is 0 Å². The third-order valence-electron chi connectivity index (χ3n) is 2.96. The normalized spacial score (nSPS) is 10.6. The monoisotopic (exact) mass is 375 g/mol. The van der Waals surface area contributed by atoms with Crippen LogP contribution in [0.2, 0.25) is 0 Å². The molecule has 0 bridgehead atoms. The number of aromatic nitrogens is 2. The lowest BCUT2D eigenvalue weighted by Gasteiger charge is -2.06. The molecule has 5 heteroatoms. The molecule has 0 spiro atoms. The van der Waals surface area contributed by atoms with Crippen LogP contribution in [0.15, 0.2) is 55.6 Å². The van der Waals surface area contributed by atoms with E-state index >= 15 is 0 Å². The molecule has 0 aliphatic rings.